The van der Waals surface area contributed by atoms with E-state index in [9.17, 15) is 4.79 Å². The van der Waals surface area contributed by atoms with E-state index in [1.165, 1.54) is 0 Å². The lowest BCUT2D eigenvalue weighted by Gasteiger charge is -2.18. The maximum atomic E-state index is 12.3. The van der Waals surface area contributed by atoms with E-state index < -0.39 is 0 Å². The van der Waals surface area contributed by atoms with Crippen LogP contribution in [0.4, 0.5) is 5.69 Å². The molecule has 104 valence electrons. The fourth-order valence-electron chi connectivity index (χ4n) is 2.33. The van der Waals surface area contributed by atoms with E-state index in [-0.39, 0.29) is 17.9 Å². The van der Waals surface area contributed by atoms with Gasteiger partial charge in [0, 0.05) is 18.8 Å². The van der Waals surface area contributed by atoms with Crippen LogP contribution in [0.2, 0.25) is 0 Å². The molecule has 0 aliphatic heterocycles. The van der Waals surface area contributed by atoms with Gasteiger partial charge in [-0.1, -0.05) is 19.1 Å². The zero-order valence-electron chi connectivity index (χ0n) is 11.4. The third kappa shape index (κ3) is 3.07. The summed E-state index contributed by atoms with van der Waals surface area (Å²) < 4.78 is 0. The maximum Gasteiger partial charge on any atom is 0.230 e. The van der Waals surface area contributed by atoms with Crippen LogP contribution in [0.25, 0.3) is 0 Å². The van der Waals surface area contributed by atoms with Gasteiger partial charge < -0.3 is 16.2 Å². The standard InChI is InChI=1S/C15H22N2O2/c1-11(6-9-18)10-17-14(19)15(7-8-15)12-2-4-13(16)5-3-12/h2-5,11,18H,6-10,16H2,1H3,(H,17,19). The quantitative estimate of drug-likeness (QED) is 0.679. The summed E-state index contributed by atoms with van der Waals surface area (Å²) in [5.41, 5.74) is 7.10. The van der Waals surface area contributed by atoms with Gasteiger partial charge >= 0.3 is 0 Å². The number of anilines is 1. The SMILES string of the molecule is CC(CCO)CNC(=O)C1(c2ccc(N)cc2)CC1. The largest absolute Gasteiger partial charge is 0.399 e. The number of amides is 1. The molecular weight excluding hydrogens is 240 g/mol. The lowest BCUT2D eigenvalue weighted by atomic mass is 9.94. The zero-order valence-corrected chi connectivity index (χ0v) is 11.4. The molecule has 0 heterocycles. The Morgan fingerprint density at radius 2 is 2.05 bits per heavy atom. The molecule has 4 heteroatoms. The Morgan fingerprint density at radius 1 is 1.42 bits per heavy atom. The summed E-state index contributed by atoms with van der Waals surface area (Å²) in [5.74, 6) is 0.401. The average molecular weight is 262 g/mol. The molecule has 2 rings (SSSR count). The highest BCUT2D eigenvalue weighted by molar-refractivity contribution is 5.91. The molecule has 1 fully saturated rings. The lowest BCUT2D eigenvalue weighted by Crippen LogP contribution is -2.37. The minimum Gasteiger partial charge on any atom is -0.399 e. The van der Waals surface area contributed by atoms with Gasteiger partial charge in [0.25, 0.3) is 0 Å². The topological polar surface area (TPSA) is 75.3 Å². The van der Waals surface area contributed by atoms with Gasteiger partial charge in [0.15, 0.2) is 0 Å². The van der Waals surface area contributed by atoms with Crippen molar-refractivity contribution in [3.8, 4) is 0 Å². The summed E-state index contributed by atoms with van der Waals surface area (Å²) in [4.78, 5) is 12.3. The number of nitrogens with two attached hydrogens (primary N) is 1. The predicted octanol–water partition coefficient (Wildman–Crippen LogP) is 1.44. The number of aliphatic hydroxyl groups excluding tert-OH is 1. The van der Waals surface area contributed by atoms with Crippen molar-refractivity contribution >= 4 is 11.6 Å². The third-order valence-corrected chi connectivity index (χ3v) is 3.88. The minimum absolute atomic E-state index is 0.0991. The molecule has 1 amide bonds. The Morgan fingerprint density at radius 3 is 2.58 bits per heavy atom. The molecule has 0 radical (unpaired) electrons. The smallest absolute Gasteiger partial charge is 0.230 e. The number of nitrogen functional groups attached to an aromatic ring is 1. The highest BCUT2D eigenvalue weighted by atomic mass is 16.3. The Bertz CT molecular complexity index is 438. The normalized spacial score (nSPS) is 17.8. The first-order chi connectivity index (χ1) is 9.08. The molecule has 0 spiro atoms. The van der Waals surface area contributed by atoms with E-state index in [2.05, 4.69) is 5.32 Å². The number of rotatable bonds is 6. The summed E-state index contributed by atoms with van der Waals surface area (Å²) in [6, 6.07) is 7.58. The van der Waals surface area contributed by atoms with E-state index in [1.54, 1.807) is 0 Å². The molecule has 1 aliphatic rings. The van der Waals surface area contributed by atoms with Crippen LogP contribution in [0.5, 0.6) is 0 Å². The van der Waals surface area contributed by atoms with Crippen LogP contribution in [-0.2, 0) is 10.2 Å². The zero-order chi connectivity index (χ0) is 13.9. The molecule has 4 N–H and O–H groups in total. The first-order valence-corrected chi connectivity index (χ1v) is 6.83. The highest BCUT2D eigenvalue weighted by Gasteiger charge is 2.51. The van der Waals surface area contributed by atoms with Crippen LogP contribution < -0.4 is 11.1 Å². The van der Waals surface area contributed by atoms with Crippen molar-refractivity contribution in [3.05, 3.63) is 29.8 Å². The molecule has 19 heavy (non-hydrogen) atoms. The second-order valence-corrected chi connectivity index (χ2v) is 5.53. The second-order valence-electron chi connectivity index (χ2n) is 5.53. The van der Waals surface area contributed by atoms with Crippen LogP contribution >= 0.6 is 0 Å². The third-order valence-electron chi connectivity index (χ3n) is 3.88. The Kier molecular flexibility index (Phi) is 4.10. The molecule has 1 saturated carbocycles. The molecule has 4 nitrogen and oxygen atoms in total. The second kappa shape index (κ2) is 5.61. The van der Waals surface area contributed by atoms with Crippen LogP contribution in [0.15, 0.2) is 24.3 Å². The van der Waals surface area contributed by atoms with Crippen LogP contribution in [0, 0.1) is 5.92 Å². The Hall–Kier alpha value is -1.55. The lowest BCUT2D eigenvalue weighted by molar-refractivity contribution is -0.123. The summed E-state index contributed by atoms with van der Waals surface area (Å²) in [6.45, 7) is 2.82. The molecule has 1 atom stereocenters. The molecular formula is C15H22N2O2. The van der Waals surface area contributed by atoms with E-state index in [0.29, 0.717) is 12.5 Å². The number of aliphatic hydroxyl groups is 1. The van der Waals surface area contributed by atoms with Crippen molar-refractivity contribution in [1.82, 2.24) is 5.32 Å². The Balaban J connectivity index is 1.96. The first-order valence-electron chi connectivity index (χ1n) is 6.83. The Labute approximate surface area is 114 Å². The molecule has 1 aromatic carbocycles. The van der Waals surface area contributed by atoms with Gasteiger partial charge in [-0.05, 0) is 42.9 Å². The van der Waals surface area contributed by atoms with Gasteiger partial charge in [-0.3, -0.25) is 4.79 Å². The van der Waals surface area contributed by atoms with E-state index in [0.717, 1.165) is 30.5 Å². The van der Waals surface area contributed by atoms with E-state index in [1.807, 2.05) is 31.2 Å². The number of carbonyl (C=O) groups is 1. The van der Waals surface area contributed by atoms with Crippen molar-refractivity contribution in [2.45, 2.75) is 31.6 Å². The monoisotopic (exact) mass is 262 g/mol. The van der Waals surface area contributed by atoms with Gasteiger partial charge in [-0.2, -0.15) is 0 Å². The number of hydrogen-bond donors (Lipinski definition) is 3. The molecule has 0 aromatic heterocycles. The average Bonchev–Trinajstić information content (AvgIpc) is 3.19. The minimum atomic E-state index is -0.341. The van der Waals surface area contributed by atoms with Gasteiger partial charge in [-0.15, -0.1) is 0 Å². The molecule has 0 bridgehead atoms. The fourth-order valence-corrected chi connectivity index (χ4v) is 2.33. The summed E-state index contributed by atoms with van der Waals surface area (Å²) >= 11 is 0. The van der Waals surface area contributed by atoms with Crippen LogP contribution in [0.1, 0.15) is 31.7 Å². The highest BCUT2D eigenvalue weighted by Crippen LogP contribution is 2.48. The molecule has 0 saturated heterocycles. The van der Waals surface area contributed by atoms with Crippen molar-refractivity contribution in [2.24, 2.45) is 5.92 Å². The number of hydrogen-bond acceptors (Lipinski definition) is 3. The van der Waals surface area contributed by atoms with Crippen molar-refractivity contribution < 1.29 is 9.90 Å². The van der Waals surface area contributed by atoms with Crippen molar-refractivity contribution in [1.29, 1.82) is 0 Å². The molecule has 1 aromatic rings. The summed E-state index contributed by atoms with van der Waals surface area (Å²) in [6.07, 6.45) is 2.52. The van der Waals surface area contributed by atoms with E-state index >= 15 is 0 Å². The fraction of sp³-hybridized carbons (Fsp3) is 0.533. The molecule has 1 unspecified atom stereocenters. The van der Waals surface area contributed by atoms with Crippen molar-refractivity contribution in [3.63, 3.8) is 0 Å². The first kappa shape index (κ1) is 13.9. The van der Waals surface area contributed by atoms with Crippen molar-refractivity contribution in [2.75, 3.05) is 18.9 Å². The number of nitrogens with one attached hydrogen (secondary N) is 1. The number of carbonyl (C=O) groups excluding carboxylic acids is 1. The number of benzene rings is 1. The van der Waals surface area contributed by atoms with Crippen LogP contribution in [-0.4, -0.2) is 24.2 Å². The van der Waals surface area contributed by atoms with Gasteiger partial charge in [-0.25, -0.2) is 0 Å². The summed E-state index contributed by atoms with van der Waals surface area (Å²) in [7, 11) is 0. The van der Waals surface area contributed by atoms with Crippen LogP contribution in [0.3, 0.4) is 0 Å². The predicted molar refractivity (Wildman–Crippen MR) is 75.6 cm³/mol. The maximum absolute atomic E-state index is 12.3. The summed E-state index contributed by atoms with van der Waals surface area (Å²) in [5, 5.41) is 11.9. The molecule has 1 aliphatic carbocycles. The van der Waals surface area contributed by atoms with Gasteiger partial charge in [0.1, 0.15) is 0 Å². The van der Waals surface area contributed by atoms with E-state index in [4.69, 9.17) is 10.8 Å². The van der Waals surface area contributed by atoms with Gasteiger partial charge in [0.2, 0.25) is 5.91 Å². The van der Waals surface area contributed by atoms with Gasteiger partial charge in [0.05, 0.1) is 5.41 Å².